The van der Waals surface area contributed by atoms with Gasteiger partial charge >= 0.3 is 0 Å². The predicted octanol–water partition coefficient (Wildman–Crippen LogP) is 3.41. The molecule has 9 heteroatoms. The van der Waals surface area contributed by atoms with Crippen LogP contribution in [-0.4, -0.2) is 62.9 Å². The van der Waals surface area contributed by atoms with Crippen LogP contribution in [-0.2, 0) is 21.4 Å². The Morgan fingerprint density at radius 3 is 2.26 bits per heavy atom. The van der Waals surface area contributed by atoms with E-state index >= 15 is 0 Å². The van der Waals surface area contributed by atoms with Crippen molar-refractivity contribution in [3.8, 4) is 5.75 Å². The molecule has 0 atom stereocenters. The van der Waals surface area contributed by atoms with Crippen LogP contribution in [0, 0.1) is 11.7 Å². The van der Waals surface area contributed by atoms with E-state index in [4.69, 9.17) is 4.74 Å². The number of carbonyl (C=O) groups excluding carboxylic acids is 1. The van der Waals surface area contributed by atoms with Crippen LogP contribution < -0.4 is 10.1 Å². The average molecular weight is 504 g/mol. The Bertz CT molecular complexity index is 1060. The fourth-order valence-corrected chi connectivity index (χ4v) is 6.17. The van der Waals surface area contributed by atoms with Gasteiger partial charge in [0.05, 0.1) is 11.4 Å². The number of rotatable bonds is 9. The molecule has 2 aromatic carbocycles. The van der Waals surface area contributed by atoms with Gasteiger partial charge in [-0.25, -0.2) is 12.8 Å². The minimum absolute atomic E-state index is 0.0151. The number of sulfonamides is 1. The van der Waals surface area contributed by atoms with Crippen molar-refractivity contribution in [2.45, 2.75) is 43.5 Å². The Balaban J connectivity index is 1.15. The molecule has 2 fully saturated rings. The highest BCUT2D eigenvalue weighted by Crippen LogP contribution is 2.23. The van der Waals surface area contributed by atoms with E-state index in [2.05, 4.69) is 10.2 Å². The largest absolute Gasteiger partial charge is 0.492 e. The summed E-state index contributed by atoms with van der Waals surface area (Å²) in [6.07, 6.45) is 4.47. The second kappa shape index (κ2) is 12.0. The lowest BCUT2D eigenvalue weighted by molar-refractivity contribution is -0.126. The van der Waals surface area contributed by atoms with Crippen molar-refractivity contribution in [2.24, 2.45) is 5.92 Å². The fraction of sp³-hybridized carbons (Fsp3) is 0.500. The summed E-state index contributed by atoms with van der Waals surface area (Å²) >= 11 is 0. The number of halogens is 1. The zero-order valence-electron chi connectivity index (χ0n) is 20.0. The van der Waals surface area contributed by atoms with Crippen molar-refractivity contribution in [2.75, 3.05) is 39.3 Å². The summed E-state index contributed by atoms with van der Waals surface area (Å²) in [4.78, 5) is 15.1. The Labute approximate surface area is 207 Å². The maximum atomic E-state index is 13.1. The van der Waals surface area contributed by atoms with Crippen LogP contribution in [0.3, 0.4) is 0 Å². The van der Waals surface area contributed by atoms with Gasteiger partial charge in [-0.2, -0.15) is 4.31 Å². The van der Waals surface area contributed by atoms with Crippen LogP contribution >= 0.6 is 0 Å². The van der Waals surface area contributed by atoms with E-state index in [0.717, 1.165) is 57.3 Å². The van der Waals surface area contributed by atoms with Crippen LogP contribution in [0.1, 0.15) is 37.7 Å². The highest BCUT2D eigenvalue weighted by molar-refractivity contribution is 7.89. The van der Waals surface area contributed by atoms with Crippen LogP contribution in [0.4, 0.5) is 4.39 Å². The molecule has 35 heavy (non-hydrogen) atoms. The maximum Gasteiger partial charge on any atom is 0.243 e. The van der Waals surface area contributed by atoms with E-state index < -0.39 is 10.0 Å². The Morgan fingerprint density at radius 2 is 1.60 bits per heavy atom. The Morgan fingerprint density at radius 1 is 0.943 bits per heavy atom. The van der Waals surface area contributed by atoms with Gasteiger partial charge in [0, 0.05) is 25.6 Å². The lowest BCUT2D eigenvalue weighted by Gasteiger charge is -2.31. The second-order valence-corrected chi connectivity index (χ2v) is 11.2. The first-order valence-electron chi connectivity index (χ1n) is 12.4. The van der Waals surface area contributed by atoms with Gasteiger partial charge in [0.25, 0.3) is 0 Å². The first-order valence-corrected chi connectivity index (χ1v) is 13.8. The molecule has 0 radical (unpaired) electrons. The first-order chi connectivity index (χ1) is 16.9. The molecule has 0 unspecified atom stereocenters. The molecule has 0 aliphatic carbocycles. The van der Waals surface area contributed by atoms with Crippen molar-refractivity contribution in [1.29, 1.82) is 0 Å². The third-order valence-corrected chi connectivity index (χ3v) is 8.64. The number of likely N-dealkylation sites (tertiary alicyclic amines) is 1. The maximum absolute atomic E-state index is 13.1. The summed E-state index contributed by atoms with van der Waals surface area (Å²) in [5.74, 6) is 0.369. The number of benzene rings is 2. The van der Waals surface area contributed by atoms with Crippen LogP contribution in [0.15, 0.2) is 53.4 Å². The third kappa shape index (κ3) is 7.02. The Kier molecular flexibility index (Phi) is 8.75. The number of nitrogens with zero attached hydrogens (tertiary/aromatic N) is 2. The molecule has 0 bridgehead atoms. The SMILES string of the molecule is O=C(NCCOc1ccc(S(=O)(=O)N2CCCCC2)cc1)C1CCN(Cc2ccc(F)cc2)CC1. The zero-order valence-corrected chi connectivity index (χ0v) is 20.8. The van der Waals surface area contributed by atoms with Crippen LogP contribution in [0.2, 0.25) is 0 Å². The molecule has 2 aliphatic rings. The van der Waals surface area contributed by atoms with E-state index in [1.165, 1.54) is 12.1 Å². The number of piperidine rings is 2. The van der Waals surface area contributed by atoms with Crippen LogP contribution in [0.5, 0.6) is 5.75 Å². The van der Waals surface area contributed by atoms with E-state index in [1.54, 1.807) is 40.7 Å². The molecule has 2 heterocycles. The highest BCUT2D eigenvalue weighted by atomic mass is 32.2. The van der Waals surface area contributed by atoms with Crippen molar-refractivity contribution >= 4 is 15.9 Å². The van der Waals surface area contributed by atoms with Gasteiger partial charge < -0.3 is 10.1 Å². The standard InChI is InChI=1S/C26H34FN3O4S/c27-23-6-4-21(5-7-23)20-29-17-12-22(13-18-29)26(31)28-14-19-34-24-8-10-25(11-9-24)35(32,33)30-15-2-1-3-16-30/h4-11,22H,1-3,12-20H2,(H,28,31). The van der Waals surface area contributed by atoms with Gasteiger partial charge in [-0.15, -0.1) is 0 Å². The van der Waals surface area contributed by atoms with Crippen molar-refractivity contribution in [3.63, 3.8) is 0 Å². The number of hydrogen-bond donors (Lipinski definition) is 1. The predicted molar refractivity (Wildman–Crippen MR) is 132 cm³/mol. The van der Waals surface area contributed by atoms with Crippen molar-refractivity contribution in [3.05, 3.63) is 59.9 Å². The molecule has 2 aliphatic heterocycles. The highest BCUT2D eigenvalue weighted by Gasteiger charge is 2.26. The van der Waals surface area contributed by atoms with Gasteiger partial charge in [-0.05, 0) is 80.7 Å². The summed E-state index contributed by atoms with van der Waals surface area (Å²) in [6, 6.07) is 13.0. The molecule has 4 rings (SSSR count). The normalized spacial score (nSPS) is 18.3. The third-order valence-electron chi connectivity index (χ3n) is 6.72. The van der Waals surface area contributed by atoms with Crippen LogP contribution in [0.25, 0.3) is 0 Å². The molecule has 7 nitrogen and oxygen atoms in total. The topological polar surface area (TPSA) is 78.9 Å². The van der Waals surface area contributed by atoms with Gasteiger partial charge in [-0.3, -0.25) is 9.69 Å². The molecule has 2 saturated heterocycles. The van der Waals surface area contributed by atoms with E-state index in [9.17, 15) is 17.6 Å². The quantitative estimate of drug-likeness (QED) is 0.531. The number of hydrogen-bond acceptors (Lipinski definition) is 5. The number of ether oxygens (including phenoxy) is 1. The second-order valence-electron chi connectivity index (χ2n) is 9.25. The Hall–Kier alpha value is -2.49. The molecular weight excluding hydrogens is 469 g/mol. The number of nitrogens with one attached hydrogen (secondary N) is 1. The summed E-state index contributed by atoms with van der Waals surface area (Å²) in [5.41, 5.74) is 1.07. The summed E-state index contributed by atoms with van der Waals surface area (Å²) in [5, 5.41) is 2.95. The van der Waals surface area contributed by atoms with Crippen molar-refractivity contribution < 1.29 is 22.3 Å². The monoisotopic (exact) mass is 503 g/mol. The summed E-state index contributed by atoms with van der Waals surface area (Å²) < 4.78 is 45.8. The van der Waals surface area contributed by atoms with Gasteiger partial charge in [0.2, 0.25) is 15.9 Å². The fourth-order valence-electron chi connectivity index (χ4n) is 4.65. The molecule has 190 valence electrons. The van der Waals surface area contributed by atoms with Gasteiger partial charge in [0.1, 0.15) is 18.2 Å². The van der Waals surface area contributed by atoms with E-state index in [0.29, 0.717) is 32.0 Å². The van der Waals surface area contributed by atoms with Gasteiger partial charge in [-0.1, -0.05) is 18.6 Å². The minimum atomic E-state index is -3.45. The molecule has 1 amide bonds. The lowest BCUT2D eigenvalue weighted by atomic mass is 9.95. The average Bonchev–Trinajstić information content (AvgIpc) is 2.89. The molecule has 0 saturated carbocycles. The van der Waals surface area contributed by atoms with Gasteiger partial charge in [0.15, 0.2) is 0 Å². The van der Waals surface area contributed by atoms with E-state index in [1.807, 2.05) is 0 Å². The molecule has 0 spiro atoms. The first kappa shape index (κ1) is 25.6. The molecular formula is C26H34FN3O4S. The lowest BCUT2D eigenvalue weighted by Crippen LogP contribution is -2.41. The molecule has 2 aromatic rings. The number of carbonyl (C=O) groups is 1. The summed E-state index contributed by atoms with van der Waals surface area (Å²) in [7, 11) is -3.45. The zero-order chi connectivity index (χ0) is 24.7. The summed E-state index contributed by atoms with van der Waals surface area (Å²) in [6.45, 7) is 4.29. The smallest absolute Gasteiger partial charge is 0.243 e. The molecule has 1 N–H and O–H groups in total. The minimum Gasteiger partial charge on any atom is -0.492 e. The van der Waals surface area contributed by atoms with Crippen molar-refractivity contribution in [1.82, 2.24) is 14.5 Å². The number of amides is 1. The molecule has 0 aromatic heterocycles. The van der Waals surface area contributed by atoms with E-state index in [-0.39, 0.29) is 22.5 Å².